The third-order valence-corrected chi connectivity index (χ3v) is 5.10. The van der Waals surface area contributed by atoms with Gasteiger partial charge in [0, 0.05) is 3.57 Å². The van der Waals surface area contributed by atoms with E-state index in [0.717, 1.165) is 20.4 Å². The van der Waals surface area contributed by atoms with E-state index in [0.29, 0.717) is 0 Å². The third-order valence-electron chi connectivity index (χ3n) is 4.19. The molecule has 0 unspecified atom stereocenters. The van der Waals surface area contributed by atoms with Crippen LogP contribution in [-0.4, -0.2) is 11.7 Å². The van der Waals surface area contributed by atoms with Crippen LogP contribution < -0.4 is 4.90 Å². The van der Waals surface area contributed by atoms with Gasteiger partial charge in [-0.3, -0.25) is 4.90 Å². The van der Waals surface area contributed by atoms with Crippen LogP contribution in [0, 0.1) is 3.57 Å². The summed E-state index contributed by atoms with van der Waals surface area (Å²) in [5.74, 6) is 0. The fraction of sp³-hybridized carbons (Fsp3) is 0.208. The van der Waals surface area contributed by atoms with Crippen molar-refractivity contribution in [3.05, 3.63) is 99.6 Å². The summed E-state index contributed by atoms with van der Waals surface area (Å²) >= 11 is 2.27. The summed E-state index contributed by atoms with van der Waals surface area (Å²) in [5.41, 5.74) is 2.29. The van der Waals surface area contributed by atoms with Crippen molar-refractivity contribution in [1.29, 1.82) is 0 Å². The quantitative estimate of drug-likeness (QED) is 0.380. The van der Waals surface area contributed by atoms with E-state index in [2.05, 4.69) is 22.6 Å². The predicted octanol–water partition coefficient (Wildman–Crippen LogP) is 6.82. The standard InChI is InChI=1S/C24H24INO2/c1-24(2,3)28-23(27)26(21-17-11-10-16-20(21)25)22(18-12-6-4-7-13-18)19-14-8-5-9-15-19/h4-17,22H,1-3H3. The van der Waals surface area contributed by atoms with Crippen molar-refractivity contribution in [3.63, 3.8) is 0 Å². The molecule has 0 heterocycles. The van der Waals surface area contributed by atoms with Crippen molar-refractivity contribution in [2.45, 2.75) is 32.4 Å². The van der Waals surface area contributed by atoms with Crippen molar-refractivity contribution in [1.82, 2.24) is 0 Å². The van der Waals surface area contributed by atoms with Gasteiger partial charge in [0.25, 0.3) is 0 Å². The minimum atomic E-state index is -0.590. The van der Waals surface area contributed by atoms with Gasteiger partial charge < -0.3 is 4.74 Å². The smallest absolute Gasteiger partial charge is 0.415 e. The first-order valence-electron chi connectivity index (χ1n) is 9.23. The fourth-order valence-corrected chi connectivity index (χ4v) is 3.71. The van der Waals surface area contributed by atoms with Crippen molar-refractivity contribution in [3.8, 4) is 0 Å². The summed E-state index contributed by atoms with van der Waals surface area (Å²) < 4.78 is 6.81. The maximum atomic E-state index is 13.4. The summed E-state index contributed by atoms with van der Waals surface area (Å²) in [4.78, 5) is 15.2. The Morgan fingerprint density at radius 2 is 1.29 bits per heavy atom. The van der Waals surface area contributed by atoms with Gasteiger partial charge in [0.15, 0.2) is 0 Å². The lowest BCUT2D eigenvalue weighted by atomic mass is 9.96. The van der Waals surface area contributed by atoms with Crippen LogP contribution in [0.2, 0.25) is 0 Å². The molecule has 4 heteroatoms. The summed E-state index contributed by atoms with van der Waals surface area (Å²) in [6.07, 6.45) is -0.366. The van der Waals surface area contributed by atoms with Crippen molar-refractivity contribution >= 4 is 34.4 Å². The van der Waals surface area contributed by atoms with Crippen LogP contribution in [0.5, 0.6) is 0 Å². The Kier molecular flexibility index (Phi) is 6.39. The van der Waals surface area contributed by atoms with Gasteiger partial charge in [0.05, 0.1) is 11.7 Å². The highest BCUT2D eigenvalue weighted by Crippen LogP contribution is 2.36. The van der Waals surface area contributed by atoms with Crippen molar-refractivity contribution < 1.29 is 9.53 Å². The van der Waals surface area contributed by atoms with Crippen LogP contribution in [0.15, 0.2) is 84.9 Å². The molecule has 0 spiro atoms. The number of para-hydroxylation sites is 1. The number of rotatable bonds is 4. The number of nitrogens with zero attached hydrogens (tertiary/aromatic N) is 1. The Labute approximate surface area is 180 Å². The van der Waals surface area contributed by atoms with Crippen LogP contribution in [0.1, 0.15) is 37.9 Å². The van der Waals surface area contributed by atoms with Gasteiger partial charge in [0.2, 0.25) is 0 Å². The number of halogens is 1. The topological polar surface area (TPSA) is 29.5 Å². The molecule has 0 atom stereocenters. The van der Waals surface area contributed by atoms with Gasteiger partial charge in [-0.15, -0.1) is 0 Å². The number of anilines is 1. The molecule has 3 aromatic rings. The monoisotopic (exact) mass is 485 g/mol. The molecule has 0 aliphatic carbocycles. The van der Waals surface area contributed by atoms with E-state index < -0.39 is 5.60 Å². The van der Waals surface area contributed by atoms with E-state index in [1.165, 1.54) is 0 Å². The maximum absolute atomic E-state index is 13.4. The van der Waals surface area contributed by atoms with E-state index in [1.807, 2.05) is 106 Å². The number of carbonyl (C=O) groups excluding carboxylic acids is 1. The number of hydrogen-bond donors (Lipinski definition) is 0. The molecular formula is C24H24INO2. The minimum absolute atomic E-state index is 0.298. The number of ether oxygens (including phenoxy) is 1. The molecule has 0 saturated heterocycles. The van der Waals surface area contributed by atoms with Crippen LogP contribution in [-0.2, 0) is 4.74 Å². The zero-order chi connectivity index (χ0) is 20.1. The van der Waals surface area contributed by atoms with E-state index in [9.17, 15) is 4.79 Å². The van der Waals surface area contributed by atoms with E-state index in [4.69, 9.17) is 4.74 Å². The van der Waals surface area contributed by atoms with Crippen LogP contribution >= 0.6 is 22.6 Å². The molecule has 28 heavy (non-hydrogen) atoms. The largest absolute Gasteiger partial charge is 0.443 e. The molecule has 0 fully saturated rings. The normalized spacial score (nSPS) is 11.3. The Bertz CT molecular complexity index is 881. The average Bonchev–Trinajstić information content (AvgIpc) is 2.67. The molecule has 1 amide bonds. The Balaban J connectivity index is 2.19. The number of hydrogen-bond acceptors (Lipinski definition) is 2. The van der Waals surface area contributed by atoms with Crippen LogP contribution in [0.4, 0.5) is 10.5 Å². The molecule has 144 valence electrons. The molecule has 0 aliphatic heterocycles. The minimum Gasteiger partial charge on any atom is -0.443 e. The molecule has 3 nitrogen and oxygen atoms in total. The van der Waals surface area contributed by atoms with Gasteiger partial charge >= 0.3 is 6.09 Å². The number of benzene rings is 3. The first-order valence-corrected chi connectivity index (χ1v) is 10.3. The number of amides is 1. The zero-order valence-corrected chi connectivity index (χ0v) is 18.5. The van der Waals surface area contributed by atoms with Crippen molar-refractivity contribution in [2.75, 3.05) is 4.90 Å². The molecule has 0 aromatic heterocycles. The van der Waals surface area contributed by atoms with Gasteiger partial charge in [-0.05, 0) is 66.6 Å². The molecule has 0 radical (unpaired) electrons. The second-order valence-corrected chi connectivity index (χ2v) is 8.69. The third kappa shape index (κ3) is 4.93. The van der Waals surface area contributed by atoms with Gasteiger partial charge in [-0.1, -0.05) is 72.8 Å². The lowest BCUT2D eigenvalue weighted by Gasteiger charge is -2.34. The van der Waals surface area contributed by atoms with E-state index >= 15 is 0 Å². The summed E-state index contributed by atoms with van der Waals surface area (Å²) in [5, 5.41) is 0. The molecule has 0 saturated carbocycles. The maximum Gasteiger partial charge on any atom is 0.415 e. The molecule has 0 N–H and O–H groups in total. The van der Waals surface area contributed by atoms with Crippen LogP contribution in [0.3, 0.4) is 0 Å². The van der Waals surface area contributed by atoms with E-state index in [1.54, 1.807) is 4.90 Å². The lowest BCUT2D eigenvalue weighted by Crippen LogP contribution is -2.40. The van der Waals surface area contributed by atoms with Gasteiger partial charge in [-0.2, -0.15) is 0 Å². The first kappa shape index (κ1) is 20.4. The summed E-state index contributed by atoms with van der Waals surface area (Å²) in [7, 11) is 0. The Morgan fingerprint density at radius 3 is 1.75 bits per heavy atom. The predicted molar refractivity (Wildman–Crippen MR) is 123 cm³/mol. The SMILES string of the molecule is CC(C)(C)OC(=O)N(c1ccccc1I)C(c1ccccc1)c1ccccc1. The highest BCUT2D eigenvalue weighted by Gasteiger charge is 2.32. The van der Waals surface area contributed by atoms with Crippen molar-refractivity contribution in [2.24, 2.45) is 0 Å². The Morgan fingerprint density at radius 1 is 0.821 bits per heavy atom. The molecule has 3 aromatic carbocycles. The zero-order valence-electron chi connectivity index (χ0n) is 16.3. The molecule has 0 aliphatic rings. The number of carbonyl (C=O) groups is 1. The first-order chi connectivity index (χ1) is 13.4. The lowest BCUT2D eigenvalue weighted by molar-refractivity contribution is 0.0570. The van der Waals surface area contributed by atoms with Gasteiger partial charge in [-0.25, -0.2) is 4.79 Å². The summed E-state index contributed by atoms with van der Waals surface area (Å²) in [6.45, 7) is 5.66. The highest BCUT2D eigenvalue weighted by molar-refractivity contribution is 14.1. The summed E-state index contributed by atoms with van der Waals surface area (Å²) in [6, 6.07) is 27.7. The highest BCUT2D eigenvalue weighted by atomic mass is 127. The van der Waals surface area contributed by atoms with E-state index in [-0.39, 0.29) is 12.1 Å². The molecular weight excluding hydrogens is 461 g/mol. The Hall–Kier alpha value is -2.34. The fourth-order valence-electron chi connectivity index (χ4n) is 3.06. The molecule has 3 rings (SSSR count). The average molecular weight is 485 g/mol. The van der Waals surface area contributed by atoms with Crippen LogP contribution in [0.25, 0.3) is 0 Å². The molecule has 0 bridgehead atoms. The second-order valence-electron chi connectivity index (χ2n) is 7.53. The van der Waals surface area contributed by atoms with Gasteiger partial charge in [0.1, 0.15) is 5.60 Å². The second kappa shape index (κ2) is 8.78.